The summed E-state index contributed by atoms with van der Waals surface area (Å²) < 4.78 is 26.8. The Kier molecular flexibility index (Phi) is 5.08. The maximum absolute atomic E-state index is 12.8. The van der Waals surface area contributed by atoms with E-state index in [1.54, 1.807) is 6.07 Å². The molecule has 0 aliphatic rings. The SMILES string of the molecule is O=C(O)CSc1cc(C(F)F)nn1-c1ccc(Cl)c(Cl)c1. The van der Waals surface area contributed by atoms with Gasteiger partial charge in [0.05, 0.1) is 21.5 Å². The van der Waals surface area contributed by atoms with Crippen LogP contribution in [0.2, 0.25) is 10.0 Å². The van der Waals surface area contributed by atoms with Gasteiger partial charge in [-0.2, -0.15) is 5.10 Å². The van der Waals surface area contributed by atoms with Gasteiger partial charge in [0.15, 0.2) is 0 Å². The van der Waals surface area contributed by atoms with Crippen molar-refractivity contribution in [1.29, 1.82) is 0 Å². The third-order valence-electron chi connectivity index (χ3n) is 2.41. The van der Waals surface area contributed by atoms with Crippen LogP contribution >= 0.6 is 35.0 Å². The predicted octanol–water partition coefficient (Wildman–Crippen LogP) is 4.29. The largest absolute Gasteiger partial charge is 0.481 e. The Morgan fingerprint density at radius 2 is 2.05 bits per heavy atom. The molecular formula is C12H8Cl2F2N2O2S. The Balaban J connectivity index is 2.44. The molecule has 0 atom stereocenters. The summed E-state index contributed by atoms with van der Waals surface area (Å²) in [4.78, 5) is 10.6. The van der Waals surface area contributed by atoms with Crippen molar-refractivity contribution in [3.05, 3.63) is 40.0 Å². The monoisotopic (exact) mass is 352 g/mol. The molecule has 0 radical (unpaired) electrons. The molecule has 2 aromatic rings. The Hall–Kier alpha value is -1.31. The summed E-state index contributed by atoms with van der Waals surface area (Å²) in [7, 11) is 0. The number of nitrogens with zero attached hydrogens (tertiary/aromatic N) is 2. The Bertz CT molecular complexity index is 679. The van der Waals surface area contributed by atoms with Gasteiger partial charge in [-0.1, -0.05) is 35.0 Å². The number of thioether (sulfide) groups is 1. The van der Waals surface area contributed by atoms with Crippen molar-refractivity contribution in [1.82, 2.24) is 9.78 Å². The number of aromatic nitrogens is 2. The molecule has 9 heteroatoms. The van der Waals surface area contributed by atoms with Gasteiger partial charge in [0.25, 0.3) is 6.43 Å². The number of carboxylic acid groups (broad SMARTS) is 1. The van der Waals surface area contributed by atoms with Gasteiger partial charge >= 0.3 is 5.97 Å². The third kappa shape index (κ3) is 3.87. The predicted molar refractivity (Wildman–Crippen MR) is 76.9 cm³/mol. The lowest BCUT2D eigenvalue weighted by atomic mass is 10.3. The minimum Gasteiger partial charge on any atom is -0.481 e. The van der Waals surface area contributed by atoms with E-state index in [2.05, 4.69) is 5.10 Å². The molecule has 1 N–H and O–H groups in total. The van der Waals surface area contributed by atoms with Crippen LogP contribution in [0.4, 0.5) is 8.78 Å². The normalized spacial score (nSPS) is 11.1. The molecular weight excluding hydrogens is 345 g/mol. The lowest BCUT2D eigenvalue weighted by Gasteiger charge is -2.07. The van der Waals surface area contributed by atoms with E-state index in [9.17, 15) is 13.6 Å². The second-order valence-corrected chi connectivity index (χ2v) is 5.71. The maximum atomic E-state index is 12.8. The number of benzene rings is 1. The highest BCUT2D eigenvalue weighted by Gasteiger charge is 2.18. The van der Waals surface area contributed by atoms with E-state index in [1.807, 2.05) is 0 Å². The fourth-order valence-corrected chi connectivity index (χ4v) is 2.56. The molecule has 21 heavy (non-hydrogen) atoms. The molecule has 0 fully saturated rings. The number of halogens is 4. The minimum atomic E-state index is -2.75. The van der Waals surface area contributed by atoms with Gasteiger partial charge < -0.3 is 5.11 Å². The van der Waals surface area contributed by atoms with Crippen molar-refractivity contribution in [2.75, 3.05) is 5.75 Å². The molecule has 1 aromatic carbocycles. The molecule has 0 aliphatic heterocycles. The molecule has 1 heterocycles. The van der Waals surface area contributed by atoms with Crippen LogP contribution in [0, 0.1) is 0 Å². The van der Waals surface area contributed by atoms with Crippen molar-refractivity contribution in [3.63, 3.8) is 0 Å². The number of aliphatic carboxylic acids is 1. The summed E-state index contributed by atoms with van der Waals surface area (Å²) in [6, 6.07) is 5.69. The first-order valence-electron chi connectivity index (χ1n) is 5.56. The highest BCUT2D eigenvalue weighted by molar-refractivity contribution is 7.99. The zero-order valence-electron chi connectivity index (χ0n) is 10.3. The zero-order valence-corrected chi connectivity index (χ0v) is 12.6. The van der Waals surface area contributed by atoms with Crippen LogP contribution < -0.4 is 0 Å². The van der Waals surface area contributed by atoms with Gasteiger partial charge in [0, 0.05) is 0 Å². The van der Waals surface area contributed by atoms with E-state index in [4.69, 9.17) is 28.3 Å². The summed E-state index contributed by atoms with van der Waals surface area (Å²) >= 11 is 12.6. The Morgan fingerprint density at radius 1 is 1.33 bits per heavy atom. The average Bonchev–Trinajstić information content (AvgIpc) is 2.84. The van der Waals surface area contributed by atoms with Gasteiger partial charge in [-0.3, -0.25) is 4.79 Å². The molecule has 2 rings (SSSR count). The van der Waals surface area contributed by atoms with E-state index >= 15 is 0 Å². The second-order valence-electron chi connectivity index (χ2n) is 3.90. The molecule has 0 saturated carbocycles. The minimum absolute atomic E-state index is 0.248. The van der Waals surface area contributed by atoms with Crippen LogP contribution in [0.1, 0.15) is 12.1 Å². The summed E-state index contributed by atoms with van der Waals surface area (Å²) in [5.74, 6) is -1.32. The second kappa shape index (κ2) is 6.64. The van der Waals surface area contributed by atoms with Gasteiger partial charge in [0.2, 0.25) is 0 Å². The van der Waals surface area contributed by atoms with E-state index in [-0.39, 0.29) is 15.8 Å². The Morgan fingerprint density at radius 3 is 2.62 bits per heavy atom. The molecule has 0 saturated heterocycles. The van der Waals surface area contributed by atoms with Gasteiger partial charge in [-0.25, -0.2) is 13.5 Å². The van der Waals surface area contributed by atoms with E-state index < -0.39 is 18.1 Å². The first-order chi connectivity index (χ1) is 9.88. The molecule has 0 aliphatic carbocycles. The van der Waals surface area contributed by atoms with Crippen LogP contribution in [0.5, 0.6) is 0 Å². The average molecular weight is 353 g/mol. The highest BCUT2D eigenvalue weighted by atomic mass is 35.5. The quantitative estimate of drug-likeness (QED) is 0.815. The van der Waals surface area contributed by atoms with Crippen LogP contribution in [-0.4, -0.2) is 26.6 Å². The lowest BCUT2D eigenvalue weighted by Crippen LogP contribution is -2.02. The number of rotatable bonds is 5. The molecule has 112 valence electrons. The summed E-state index contributed by atoms with van der Waals surface area (Å²) in [5, 5.41) is 13.3. The number of hydrogen-bond acceptors (Lipinski definition) is 3. The third-order valence-corrected chi connectivity index (χ3v) is 4.13. The molecule has 1 aromatic heterocycles. The standard InChI is InChI=1S/C12H8Cl2F2N2O2S/c13-7-2-1-6(3-8(7)14)18-10(21-5-11(19)20)4-9(17-18)12(15)16/h1-4,12H,5H2,(H,19,20). The van der Waals surface area contributed by atoms with Crippen LogP contribution in [0.25, 0.3) is 5.69 Å². The number of hydrogen-bond donors (Lipinski definition) is 1. The summed E-state index contributed by atoms with van der Waals surface area (Å²) in [6.45, 7) is 0. The summed E-state index contributed by atoms with van der Waals surface area (Å²) in [5.41, 5.74) is -0.0156. The van der Waals surface area contributed by atoms with Crippen molar-refractivity contribution >= 4 is 40.9 Å². The van der Waals surface area contributed by atoms with Crippen molar-refractivity contribution in [2.45, 2.75) is 11.5 Å². The number of carboxylic acids is 1. The van der Waals surface area contributed by atoms with Crippen LogP contribution in [0.3, 0.4) is 0 Å². The number of alkyl halides is 2. The smallest absolute Gasteiger partial charge is 0.313 e. The van der Waals surface area contributed by atoms with Gasteiger partial charge in [0.1, 0.15) is 10.7 Å². The molecule has 0 unspecified atom stereocenters. The topological polar surface area (TPSA) is 55.1 Å². The molecule has 4 nitrogen and oxygen atoms in total. The van der Waals surface area contributed by atoms with Gasteiger partial charge in [-0.05, 0) is 24.3 Å². The fraction of sp³-hybridized carbons (Fsp3) is 0.167. The first-order valence-corrected chi connectivity index (χ1v) is 7.30. The van der Waals surface area contributed by atoms with Crippen LogP contribution in [-0.2, 0) is 4.79 Å². The van der Waals surface area contributed by atoms with Crippen LogP contribution in [0.15, 0.2) is 29.3 Å². The van der Waals surface area contributed by atoms with Crippen molar-refractivity contribution in [2.24, 2.45) is 0 Å². The molecule has 0 bridgehead atoms. The fourth-order valence-electron chi connectivity index (χ4n) is 1.53. The van der Waals surface area contributed by atoms with Crippen molar-refractivity contribution < 1.29 is 18.7 Å². The summed E-state index contributed by atoms with van der Waals surface area (Å²) in [6.07, 6.45) is -2.75. The van der Waals surface area contributed by atoms with E-state index in [1.165, 1.54) is 16.8 Å². The first kappa shape index (κ1) is 16.1. The van der Waals surface area contributed by atoms with E-state index in [0.29, 0.717) is 10.7 Å². The van der Waals surface area contributed by atoms with Crippen molar-refractivity contribution in [3.8, 4) is 5.69 Å². The number of carbonyl (C=O) groups is 1. The molecule has 0 spiro atoms. The lowest BCUT2D eigenvalue weighted by molar-refractivity contribution is -0.133. The van der Waals surface area contributed by atoms with E-state index in [0.717, 1.165) is 17.8 Å². The zero-order chi connectivity index (χ0) is 15.6. The van der Waals surface area contributed by atoms with Gasteiger partial charge in [-0.15, -0.1) is 0 Å². The highest BCUT2D eigenvalue weighted by Crippen LogP contribution is 2.30. The maximum Gasteiger partial charge on any atom is 0.313 e. The molecule has 0 amide bonds. The Labute approximate surface area is 132 Å².